The van der Waals surface area contributed by atoms with Crippen molar-refractivity contribution in [1.82, 2.24) is 0 Å². The zero-order valence-corrected chi connectivity index (χ0v) is 13.9. The van der Waals surface area contributed by atoms with E-state index < -0.39 is 0 Å². The fourth-order valence-corrected chi connectivity index (χ4v) is 4.49. The molecule has 0 nitrogen and oxygen atoms in total. The SMILES string of the molecule is CCC1CCCc2ccc3c(ccc4c(Br)cccc43)c21. The van der Waals surface area contributed by atoms with E-state index in [4.69, 9.17) is 0 Å². The summed E-state index contributed by atoms with van der Waals surface area (Å²) in [7, 11) is 0. The fourth-order valence-electron chi connectivity index (χ4n) is 4.00. The Bertz CT molecular complexity index is 832. The number of fused-ring (bicyclic) bond motifs is 5. The smallest absolute Gasteiger partial charge is 0.0253 e. The van der Waals surface area contributed by atoms with E-state index in [1.165, 1.54) is 51.7 Å². The summed E-state index contributed by atoms with van der Waals surface area (Å²) in [4.78, 5) is 0. The van der Waals surface area contributed by atoms with Gasteiger partial charge in [0.2, 0.25) is 0 Å². The molecule has 1 aliphatic carbocycles. The van der Waals surface area contributed by atoms with E-state index in [2.05, 4.69) is 65.3 Å². The Hall–Kier alpha value is -1.34. The zero-order valence-electron chi connectivity index (χ0n) is 12.3. The minimum absolute atomic E-state index is 0.738. The van der Waals surface area contributed by atoms with Crippen LogP contribution in [0.25, 0.3) is 21.5 Å². The van der Waals surface area contributed by atoms with Crippen LogP contribution in [-0.2, 0) is 6.42 Å². The molecule has 1 atom stereocenters. The molecule has 21 heavy (non-hydrogen) atoms. The van der Waals surface area contributed by atoms with Gasteiger partial charge in [-0.3, -0.25) is 0 Å². The second kappa shape index (κ2) is 5.14. The first-order valence-corrected chi connectivity index (χ1v) is 8.71. The maximum Gasteiger partial charge on any atom is 0.0253 e. The molecule has 1 heteroatoms. The van der Waals surface area contributed by atoms with Crippen molar-refractivity contribution in [3.8, 4) is 0 Å². The summed E-state index contributed by atoms with van der Waals surface area (Å²) in [5.74, 6) is 0.738. The highest BCUT2D eigenvalue weighted by Gasteiger charge is 2.21. The fraction of sp³-hybridized carbons (Fsp3) is 0.300. The normalized spacial score (nSPS) is 18.1. The molecule has 3 aromatic rings. The molecule has 0 N–H and O–H groups in total. The average Bonchev–Trinajstić information content (AvgIpc) is 2.53. The molecule has 4 rings (SSSR count). The van der Waals surface area contributed by atoms with E-state index >= 15 is 0 Å². The minimum atomic E-state index is 0.738. The van der Waals surface area contributed by atoms with Gasteiger partial charge in [-0.15, -0.1) is 0 Å². The number of hydrogen-bond donors (Lipinski definition) is 0. The lowest BCUT2D eigenvalue weighted by Gasteiger charge is -2.26. The van der Waals surface area contributed by atoms with Crippen molar-refractivity contribution in [2.24, 2.45) is 0 Å². The molecule has 3 aromatic carbocycles. The predicted molar refractivity (Wildman–Crippen MR) is 95.1 cm³/mol. The second-order valence-corrected chi connectivity index (χ2v) is 6.99. The van der Waals surface area contributed by atoms with Crippen molar-refractivity contribution < 1.29 is 0 Å². The molecule has 0 amide bonds. The first-order chi connectivity index (χ1) is 10.3. The van der Waals surface area contributed by atoms with Crippen molar-refractivity contribution in [3.05, 3.63) is 58.1 Å². The van der Waals surface area contributed by atoms with Crippen LogP contribution in [0.1, 0.15) is 43.2 Å². The van der Waals surface area contributed by atoms with E-state index in [1.807, 2.05) is 0 Å². The van der Waals surface area contributed by atoms with E-state index in [1.54, 1.807) is 11.1 Å². The van der Waals surface area contributed by atoms with Crippen molar-refractivity contribution in [1.29, 1.82) is 0 Å². The van der Waals surface area contributed by atoms with Gasteiger partial charge in [0, 0.05) is 4.47 Å². The molecule has 1 aliphatic rings. The van der Waals surface area contributed by atoms with Crippen molar-refractivity contribution in [2.45, 2.75) is 38.5 Å². The van der Waals surface area contributed by atoms with E-state index in [0.29, 0.717) is 0 Å². The van der Waals surface area contributed by atoms with Crippen LogP contribution in [-0.4, -0.2) is 0 Å². The standard InChI is InChI=1S/C20H19Br/c1-2-13-5-3-6-14-9-10-16-15-7-4-8-19(21)17(15)11-12-18(16)20(13)14/h4,7-13H,2-3,5-6H2,1H3. The Kier molecular flexibility index (Phi) is 3.26. The maximum atomic E-state index is 3.68. The summed E-state index contributed by atoms with van der Waals surface area (Å²) >= 11 is 3.68. The summed E-state index contributed by atoms with van der Waals surface area (Å²) in [6, 6.07) is 15.8. The number of halogens is 1. The molecule has 0 heterocycles. The monoisotopic (exact) mass is 338 g/mol. The van der Waals surface area contributed by atoms with Gasteiger partial charge in [0.05, 0.1) is 0 Å². The molecule has 0 aliphatic heterocycles. The third-order valence-electron chi connectivity index (χ3n) is 5.04. The van der Waals surface area contributed by atoms with Crippen LogP contribution in [0, 0.1) is 0 Å². The van der Waals surface area contributed by atoms with Gasteiger partial charge in [0.15, 0.2) is 0 Å². The van der Waals surface area contributed by atoms with E-state index in [9.17, 15) is 0 Å². The summed E-state index contributed by atoms with van der Waals surface area (Å²) in [6.45, 7) is 2.33. The summed E-state index contributed by atoms with van der Waals surface area (Å²) in [5.41, 5.74) is 3.21. The highest BCUT2D eigenvalue weighted by Crippen LogP contribution is 2.41. The topological polar surface area (TPSA) is 0 Å². The highest BCUT2D eigenvalue weighted by molar-refractivity contribution is 9.10. The third kappa shape index (κ3) is 2.02. The quantitative estimate of drug-likeness (QED) is 0.439. The van der Waals surface area contributed by atoms with Crippen LogP contribution in [0.3, 0.4) is 0 Å². The highest BCUT2D eigenvalue weighted by atomic mass is 79.9. The molecule has 0 spiro atoms. The number of aryl methyl sites for hydroxylation is 1. The van der Waals surface area contributed by atoms with Crippen LogP contribution < -0.4 is 0 Å². The van der Waals surface area contributed by atoms with Crippen LogP contribution in [0.2, 0.25) is 0 Å². The summed E-state index contributed by atoms with van der Waals surface area (Å²) in [5, 5.41) is 5.57. The first-order valence-electron chi connectivity index (χ1n) is 7.92. The number of hydrogen-bond acceptors (Lipinski definition) is 0. The van der Waals surface area contributed by atoms with Gasteiger partial charge in [0.1, 0.15) is 0 Å². The molecular formula is C20H19Br. The molecule has 0 bridgehead atoms. The number of benzene rings is 3. The lowest BCUT2D eigenvalue weighted by atomic mass is 9.78. The van der Waals surface area contributed by atoms with Crippen LogP contribution in [0.4, 0.5) is 0 Å². The molecule has 0 saturated heterocycles. The number of rotatable bonds is 1. The molecule has 1 unspecified atom stereocenters. The predicted octanol–water partition coefficient (Wildman–Crippen LogP) is 6.59. The molecule has 106 valence electrons. The molecule has 0 saturated carbocycles. The van der Waals surface area contributed by atoms with Gasteiger partial charge in [0.25, 0.3) is 0 Å². The zero-order chi connectivity index (χ0) is 14.4. The van der Waals surface area contributed by atoms with Gasteiger partial charge in [-0.05, 0) is 70.3 Å². The van der Waals surface area contributed by atoms with E-state index in [-0.39, 0.29) is 0 Å². The van der Waals surface area contributed by atoms with Crippen LogP contribution >= 0.6 is 15.9 Å². The average molecular weight is 339 g/mol. The van der Waals surface area contributed by atoms with Crippen molar-refractivity contribution in [3.63, 3.8) is 0 Å². The third-order valence-corrected chi connectivity index (χ3v) is 5.73. The molecule has 0 fully saturated rings. The lowest BCUT2D eigenvalue weighted by Crippen LogP contribution is -2.09. The lowest BCUT2D eigenvalue weighted by molar-refractivity contribution is 0.544. The molecule has 0 aromatic heterocycles. The van der Waals surface area contributed by atoms with Crippen LogP contribution in [0.15, 0.2) is 46.9 Å². The van der Waals surface area contributed by atoms with Gasteiger partial charge in [-0.1, -0.05) is 59.3 Å². The summed E-state index contributed by atoms with van der Waals surface area (Å²) in [6.07, 6.45) is 5.19. The van der Waals surface area contributed by atoms with Crippen molar-refractivity contribution >= 4 is 37.5 Å². The Morgan fingerprint density at radius 2 is 1.71 bits per heavy atom. The van der Waals surface area contributed by atoms with E-state index in [0.717, 1.165) is 5.92 Å². The Labute approximate surface area is 134 Å². The van der Waals surface area contributed by atoms with Gasteiger partial charge in [-0.25, -0.2) is 0 Å². The Balaban J connectivity index is 2.11. The van der Waals surface area contributed by atoms with Crippen LogP contribution in [0.5, 0.6) is 0 Å². The second-order valence-electron chi connectivity index (χ2n) is 6.13. The summed E-state index contributed by atoms with van der Waals surface area (Å²) < 4.78 is 1.19. The first kappa shape index (κ1) is 13.3. The van der Waals surface area contributed by atoms with Gasteiger partial charge < -0.3 is 0 Å². The maximum absolute atomic E-state index is 3.68. The van der Waals surface area contributed by atoms with Gasteiger partial charge in [-0.2, -0.15) is 0 Å². The minimum Gasteiger partial charge on any atom is -0.0648 e. The Morgan fingerprint density at radius 1 is 0.952 bits per heavy atom. The molecule has 0 radical (unpaired) electrons. The van der Waals surface area contributed by atoms with Gasteiger partial charge >= 0.3 is 0 Å². The largest absolute Gasteiger partial charge is 0.0648 e. The van der Waals surface area contributed by atoms with Crippen molar-refractivity contribution in [2.75, 3.05) is 0 Å². The molecular weight excluding hydrogens is 320 g/mol. The Morgan fingerprint density at radius 3 is 2.57 bits per heavy atom.